The van der Waals surface area contributed by atoms with Crippen LogP contribution in [0.3, 0.4) is 0 Å². The Labute approximate surface area is 159 Å². The van der Waals surface area contributed by atoms with E-state index < -0.39 is 0 Å². The highest BCUT2D eigenvalue weighted by Gasteiger charge is 2.16. The molecular weight excluding hydrogens is 371 g/mol. The van der Waals surface area contributed by atoms with Crippen LogP contribution in [0.15, 0.2) is 67.4 Å². The number of hydrogen-bond acceptors (Lipinski definition) is 3. The van der Waals surface area contributed by atoms with E-state index in [1.165, 1.54) is 0 Å². The second-order valence-corrected chi connectivity index (χ2v) is 6.37. The van der Waals surface area contributed by atoms with Crippen molar-refractivity contribution in [2.45, 2.75) is 0 Å². The van der Waals surface area contributed by atoms with Crippen molar-refractivity contribution in [2.75, 3.05) is 5.32 Å². The first-order valence-electron chi connectivity index (χ1n) is 7.76. The molecule has 4 rings (SSSR count). The van der Waals surface area contributed by atoms with Gasteiger partial charge in [0, 0.05) is 24.0 Å². The number of benzene rings is 2. The van der Waals surface area contributed by atoms with E-state index >= 15 is 0 Å². The maximum atomic E-state index is 12.7. The van der Waals surface area contributed by atoms with Gasteiger partial charge in [-0.15, -0.1) is 0 Å². The third kappa shape index (κ3) is 2.92. The molecule has 2 heterocycles. The molecule has 1 amide bonds. The van der Waals surface area contributed by atoms with E-state index in [-0.39, 0.29) is 11.5 Å². The lowest BCUT2D eigenvalue weighted by Gasteiger charge is -2.12. The predicted octanol–water partition coefficient (Wildman–Crippen LogP) is 4.98. The van der Waals surface area contributed by atoms with Crippen molar-refractivity contribution in [3.63, 3.8) is 0 Å². The van der Waals surface area contributed by atoms with Crippen molar-refractivity contribution in [1.82, 2.24) is 14.5 Å². The normalized spacial score (nSPS) is 10.8. The fourth-order valence-electron chi connectivity index (χ4n) is 2.79. The minimum atomic E-state index is -0.386. The van der Waals surface area contributed by atoms with Crippen LogP contribution >= 0.6 is 23.2 Å². The van der Waals surface area contributed by atoms with Crippen molar-refractivity contribution in [2.24, 2.45) is 0 Å². The Morgan fingerprint density at radius 2 is 1.77 bits per heavy atom. The molecule has 0 atom stereocenters. The molecule has 0 saturated heterocycles. The van der Waals surface area contributed by atoms with Crippen LogP contribution < -0.4 is 5.32 Å². The Morgan fingerprint density at radius 3 is 2.50 bits per heavy atom. The number of nitrogens with one attached hydrogen (secondary N) is 1. The van der Waals surface area contributed by atoms with Crippen LogP contribution in [0.1, 0.15) is 10.4 Å². The van der Waals surface area contributed by atoms with Gasteiger partial charge >= 0.3 is 0 Å². The molecule has 0 radical (unpaired) electrons. The molecule has 0 unspecified atom stereocenters. The van der Waals surface area contributed by atoms with Crippen LogP contribution in [0.4, 0.5) is 5.69 Å². The molecule has 0 saturated carbocycles. The van der Waals surface area contributed by atoms with Gasteiger partial charge in [-0.2, -0.15) is 0 Å². The highest BCUT2D eigenvalue weighted by Crippen LogP contribution is 2.29. The summed E-state index contributed by atoms with van der Waals surface area (Å²) in [5, 5.41) is 4.33. The number of anilines is 1. The lowest BCUT2D eigenvalue weighted by atomic mass is 10.1. The number of rotatable bonds is 3. The monoisotopic (exact) mass is 382 g/mol. The quantitative estimate of drug-likeness (QED) is 0.543. The summed E-state index contributed by atoms with van der Waals surface area (Å²) in [7, 11) is 0. The number of carbonyl (C=O) groups excluding carboxylic acids is 1. The molecule has 5 nitrogen and oxygen atoms in total. The molecule has 0 bridgehead atoms. The zero-order valence-electron chi connectivity index (χ0n) is 13.4. The van der Waals surface area contributed by atoms with Gasteiger partial charge in [0.15, 0.2) is 0 Å². The SMILES string of the molecule is O=C(Nc1cccc2c(-n3ccnc3)ccnc12)c1c(Cl)cccc1Cl. The molecule has 0 aliphatic rings. The van der Waals surface area contributed by atoms with Crippen LogP contribution in [-0.4, -0.2) is 20.4 Å². The summed E-state index contributed by atoms with van der Waals surface area (Å²) < 4.78 is 1.89. The van der Waals surface area contributed by atoms with Gasteiger partial charge in [-0.1, -0.05) is 41.4 Å². The van der Waals surface area contributed by atoms with Gasteiger partial charge in [0.1, 0.15) is 0 Å². The fourth-order valence-corrected chi connectivity index (χ4v) is 3.36. The molecule has 4 aromatic rings. The Hall–Kier alpha value is -2.89. The van der Waals surface area contributed by atoms with Crippen molar-refractivity contribution in [3.8, 4) is 5.69 Å². The molecule has 2 aromatic carbocycles. The first kappa shape index (κ1) is 16.6. The number of hydrogen-bond donors (Lipinski definition) is 1. The van der Waals surface area contributed by atoms with Gasteiger partial charge in [-0.05, 0) is 24.3 Å². The third-order valence-electron chi connectivity index (χ3n) is 3.97. The zero-order valence-corrected chi connectivity index (χ0v) is 14.9. The maximum absolute atomic E-state index is 12.7. The van der Waals surface area contributed by atoms with E-state index in [4.69, 9.17) is 23.2 Å². The average molecular weight is 383 g/mol. The summed E-state index contributed by atoms with van der Waals surface area (Å²) in [6.07, 6.45) is 6.96. The molecule has 2 aromatic heterocycles. The maximum Gasteiger partial charge on any atom is 0.258 e. The highest BCUT2D eigenvalue weighted by atomic mass is 35.5. The minimum absolute atomic E-state index is 0.235. The number of amides is 1. The summed E-state index contributed by atoms with van der Waals surface area (Å²) in [6, 6.07) is 12.4. The summed E-state index contributed by atoms with van der Waals surface area (Å²) >= 11 is 12.3. The van der Waals surface area contributed by atoms with Gasteiger partial charge in [0.25, 0.3) is 5.91 Å². The summed E-state index contributed by atoms with van der Waals surface area (Å²) in [4.78, 5) is 21.2. The Kier molecular flexibility index (Phi) is 4.32. The average Bonchev–Trinajstić information content (AvgIpc) is 3.16. The smallest absolute Gasteiger partial charge is 0.258 e. The number of imidazole rings is 1. The number of fused-ring (bicyclic) bond motifs is 1. The Balaban J connectivity index is 1.78. The lowest BCUT2D eigenvalue weighted by Crippen LogP contribution is -2.13. The predicted molar refractivity (Wildman–Crippen MR) is 103 cm³/mol. The molecule has 0 spiro atoms. The molecule has 0 aliphatic carbocycles. The number of pyridine rings is 1. The number of halogens is 2. The molecule has 0 aliphatic heterocycles. The highest BCUT2D eigenvalue weighted by molar-refractivity contribution is 6.40. The van der Waals surface area contributed by atoms with Crippen molar-refractivity contribution in [1.29, 1.82) is 0 Å². The van der Waals surface area contributed by atoms with Gasteiger partial charge in [0.2, 0.25) is 0 Å². The summed E-state index contributed by atoms with van der Waals surface area (Å²) in [5.41, 5.74) is 2.39. The second-order valence-electron chi connectivity index (χ2n) is 5.55. The third-order valence-corrected chi connectivity index (χ3v) is 4.60. The van der Waals surface area contributed by atoms with E-state index in [1.807, 2.05) is 29.0 Å². The van der Waals surface area contributed by atoms with Gasteiger partial charge in [0.05, 0.1) is 38.8 Å². The molecule has 26 heavy (non-hydrogen) atoms. The zero-order chi connectivity index (χ0) is 18.1. The second kappa shape index (κ2) is 6.78. The van der Waals surface area contributed by atoms with Crippen LogP contribution in [0, 0.1) is 0 Å². The van der Waals surface area contributed by atoms with E-state index in [0.29, 0.717) is 21.2 Å². The molecule has 1 N–H and O–H groups in total. The van der Waals surface area contributed by atoms with Crippen LogP contribution in [0.25, 0.3) is 16.6 Å². The number of nitrogens with zero attached hydrogens (tertiary/aromatic N) is 3. The largest absolute Gasteiger partial charge is 0.320 e. The number of carbonyl (C=O) groups is 1. The van der Waals surface area contributed by atoms with Crippen LogP contribution in [0.5, 0.6) is 0 Å². The Morgan fingerprint density at radius 1 is 1.00 bits per heavy atom. The minimum Gasteiger partial charge on any atom is -0.320 e. The fraction of sp³-hybridized carbons (Fsp3) is 0. The van der Waals surface area contributed by atoms with Crippen molar-refractivity contribution < 1.29 is 4.79 Å². The molecule has 128 valence electrons. The lowest BCUT2D eigenvalue weighted by molar-refractivity contribution is 0.102. The first-order chi connectivity index (χ1) is 12.6. The molecule has 0 fully saturated rings. The number of aromatic nitrogens is 3. The van der Waals surface area contributed by atoms with E-state index in [1.54, 1.807) is 43.0 Å². The molecule has 7 heteroatoms. The standard InChI is InChI=1S/C19H12Cl2N4O/c20-13-4-2-5-14(21)17(13)19(26)24-15-6-1-3-12-16(7-8-23-18(12)15)25-10-9-22-11-25/h1-11H,(H,24,26). The molecular formula is C19H12Cl2N4O. The van der Waals surface area contributed by atoms with Gasteiger partial charge in [-0.3, -0.25) is 9.78 Å². The van der Waals surface area contributed by atoms with E-state index in [2.05, 4.69) is 15.3 Å². The summed E-state index contributed by atoms with van der Waals surface area (Å²) in [5.74, 6) is -0.386. The summed E-state index contributed by atoms with van der Waals surface area (Å²) in [6.45, 7) is 0. The van der Waals surface area contributed by atoms with E-state index in [0.717, 1.165) is 11.1 Å². The van der Waals surface area contributed by atoms with Gasteiger partial charge < -0.3 is 9.88 Å². The topological polar surface area (TPSA) is 59.8 Å². The van der Waals surface area contributed by atoms with Crippen LogP contribution in [0.2, 0.25) is 10.0 Å². The van der Waals surface area contributed by atoms with Crippen LogP contribution in [-0.2, 0) is 0 Å². The first-order valence-corrected chi connectivity index (χ1v) is 8.52. The van der Waals surface area contributed by atoms with Crippen molar-refractivity contribution in [3.05, 3.63) is 83.0 Å². The van der Waals surface area contributed by atoms with Gasteiger partial charge in [-0.25, -0.2) is 4.98 Å². The number of para-hydroxylation sites is 1. The van der Waals surface area contributed by atoms with E-state index in [9.17, 15) is 4.79 Å². The van der Waals surface area contributed by atoms with Crippen molar-refractivity contribution >= 4 is 45.7 Å². The Bertz CT molecular complexity index is 1090.